The number of benzene rings is 1. The largest absolute Gasteiger partial charge is 0.359 e. The van der Waals surface area contributed by atoms with Gasteiger partial charge in [-0.15, -0.1) is 0 Å². The Kier molecular flexibility index (Phi) is 7.33. The molecule has 2 rings (SSSR count). The molecule has 1 saturated heterocycles. The van der Waals surface area contributed by atoms with Crippen molar-refractivity contribution in [2.24, 2.45) is 10.9 Å². The molecule has 0 bridgehead atoms. The van der Waals surface area contributed by atoms with Crippen LogP contribution in [0.1, 0.15) is 38.7 Å². The number of hydrogen-bond acceptors (Lipinski definition) is 2. The third-order valence-electron chi connectivity index (χ3n) is 5.17. The summed E-state index contributed by atoms with van der Waals surface area (Å²) in [5.41, 5.74) is 1.15. The Hall–Kier alpha value is -1.75. The first-order valence-electron chi connectivity index (χ1n) is 9.28. The van der Waals surface area contributed by atoms with E-state index >= 15 is 0 Å². The highest BCUT2D eigenvalue weighted by Crippen LogP contribution is 2.25. The number of guanidine groups is 1. The Labute approximate surface area is 162 Å². The molecule has 1 aliphatic heterocycles. The van der Waals surface area contributed by atoms with E-state index in [4.69, 9.17) is 11.6 Å². The third kappa shape index (κ3) is 5.63. The van der Waals surface area contributed by atoms with Crippen molar-refractivity contribution in [3.05, 3.63) is 34.9 Å². The average Bonchev–Trinajstić information content (AvgIpc) is 2.63. The van der Waals surface area contributed by atoms with Crippen LogP contribution in [0, 0.1) is 5.92 Å². The summed E-state index contributed by atoms with van der Waals surface area (Å²) in [5, 5.41) is 7.00. The Morgan fingerprint density at radius 3 is 2.62 bits per heavy atom. The molecule has 0 aliphatic carbocycles. The van der Waals surface area contributed by atoms with Gasteiger partial charge in [-0.2, -0.15) is 0 Å². The van der Waals surface area contributed by atoms with Crippen LogP contribution in [0.4, 0.5) is 0 Å². The van der Waals surface area contributed by atoms with Crippen molar-refractivity contribution in [3.63, 3.8) is 0 Å². The molecule has 0 saturated carbocycles. The minimum absolute atomic E-state index is 0.0572. The van der Waals surface area contributed by atoms with E-state index in [1.807, 2.05) is 25.2 Å². The molecule has 1 aromatic rings. The standard InChI is InChI=1S/C20H31ClN4O/c1-20(2,16-6-5-7-17(21)13-16)14-24-19(23-4)25-10-8-15(9-11-25)12-18(26)22-3/h5-7,13,15H,8-12,14H2,1-4H3,(H,22,26)(H,23,24). The van der Waals surface area contributed by atoms with Gasteiger partial charge in [-0.1, -0.05) is 37.6 Å². The molecule has 2 N–H and O–H groups in total. The van der Waals surface area contributed by atoms with Crippen LogP contribution < -0.4 is 10.6 Å². The van der Waals surface area contributed by atoms with Crippen molar-refractivity contribution in [1.29, 1.82) is 0 Å². The molecule has 0 atom stereocenters. The van der Waals surface area contributed by atoms with Crippen LogP contribution in [0.25, 0.3) is 0 Å². The summed E-state index contributed by atoms with van der Waals surface area (Å²) in [6.45, 7) is 7.04. The van der Waals surface area contributed by atoms with Crippen molar-refractivity contribution in [2.45, 2.75) is 38.5 Å². The zero-order valence-corrected chi connectivity index (χ0v) is 17.1. The van der Waals surface area contributed by atoms with Gasteiger partial charge in [-0.25, -0.2) is 0 Å². The molecule has 1 fully saturated rings. The SMILES string of the molecule is CN=C(NCC(C)(C)c1cccc(Cl)c1)N1CCC(CC(=O)NC)CC1. The van der Waals surface area contributed by atoms with Crippen molar-refractivity contribution < 1.29 is 4.79 Å². The summed E-state index contributed by atoms with van der Waals surface area (Å²) in [6, 6.07) is 8.03. The number of amides is 1. The fraction of sp³-hybridized carbons (Fsp3) is 0.600. The summed E-state index contributed by atoms with van der Waals surface area (Å²) in [6.07, 6.45) is 2.66. The highest BCUT2D eigenvalue weighted by molar-refractivity contribution is 6.30. The maximum Gasteiger partial charge on any atom is 0.220 e. The first-order chi connectivity index (χ1) is 12.4. The summed E-state index contributed by atoms with van der Waals surface area (Å²) in [7, 11) is 3.52. The number of nitrogens with one attached hydrogen (secondary N) is 2. The Balaban J connectivity index is 1.89. The van der Waals surface area contributed by atoms with Gasteiger partial charge in [0.15, 0.2) is 5.96 Å². The summed E-state index contributed by atoms with van der Waals surface area (Å²) in [5.74, 6) is 1.53. The number of halogens is 1. The number of rotatable bonds is 5. The van der Waals surface area contributed by atoms with Crippen LogP contribution in [0.3, 0.4) is 0 Å². The fourth-order valence-corrected chi connectivity index (χ4v) is 3.55. The van der Waals surface area contributed by atoms with E-state index in [1.165, 1.54) is 5.56 Å². The van der Waals surface area contributed by atoms with Gasteiger partial charge in [0.05, 0.1) is 0 Å². The lowest BCUT2D eigenvalue weighted by Crippen LogP contribution is -2.48. The van der Waals surface area contributed by atoms with Crippen LogP contribution in [-0.4, -0.2) is 50.5 Å². The number of aliphatic imine (C=N–C) groups is 1. The zero-order valence-electron chi connectivity index (χ0n) is 16.3. The zero-order chi connectivity index (χ0) is 19.2. The lowest BCUT2D eigenvalue weighted by Gasteiger charge is -2.35. The van der Waals surface area contributed by atoms with Crippen LogP contribution in [0.5, 0.6) is 0 Å². The molecular weight excluding hydrogens is 348 g/mol. The van der Waals surface area contributed by atoms with Gasteiger partial charge < -0.3 is 15.5 Å². The van der Waals surface area contributed by atoms with Gasteiger partial charge in [0.2, 0.25) is 5.91 Å². The molecule has 0 aromatic heterocycles. The van der Waals surface area contributed by atoms with Gasteiger partial charge in [-0.05, 0) is 36.5 Å². The van der Waals surface area contributed by atoms with E-state index in [9.17, 15) is 4.79 Å². The number of carbonyl (C=O) groups excluding carboxylic acids is 1. The van der Waals surface area contributed by atoms with E-state index in [1.54, 1.807) is 7.05 Å². The highest BCUT2D eigenvalue weighted by Gasteiger charge is 2.25. The second-order valence-electron chi connectivity index (χ2n) is 7.60. The monoisotopic (exact) mass is 378 g/mol. The topological polar surface area (TPSA) is 56.7 Å². The van der Waals surface area contributed by atoms with Crippen molar-refractivity contribution >= 4 is 23.5 Å². The Bertz CT molecular complexity index is 636. The Morgan fingerprint density at radius 1 is 1.35 bits per heavy atom. The maximum atomic E-state index is 11.6. The van der Waals surface area contributed by atoms with E-state index in [2.05, 4.69) is 40.4 Å². The second-order valence-corrected chi connectivity index (χ2v) is 8.04. The smallest absolute Gasteiger partial charge is 0.220 e. The normalized spacial score (nSPS) is 16.5. The number of carbonyl (C=O) groups is 1. The van der Waals surface area contributed by atoms with Gasteiger partial charge in [-0.3, -0.25) is 9.79 Å². The number of nitrogens with zero attached hydrogens (tertiary/aromatic N) is 2. The summed E-state index contributed by atoms with van der Waals surface area (Å²) < 4.78 is 0. The molecule has 0 radical (unpaired) electrons. The molecule has 6 heteroatoms. The first-order valence-corrected chi connectivity index (χ1v) is 9.65. The van der Waals surface area contributed by atoms with E-state index < -0.39 is 0 Å². The molecule has 26 heavy (non-hydrogen) atoms. The lowest BCUT2D eigenvalue weighted by atomic mass is 9.84. The predicted octanol–water partition coefficient (Wildman–Crippen LogP) is 3.04. The fourth-order valence-electron chi connectivity index (χ4n) is 3.36. The number of likely N-dealkylation sites (tertiary alicyclic amines) is 1. The second kappa shape index (κ2) is 9.26. The maximum absolute atomic E-state index is 11.6. The predicted molar refractivity (Wildman–Crippen MR) is 109 cm³/mol. The van der Waals surface area contributed by atoms with Crippen LogP contribution >= 0.6 is 11.6 Å². The molecule has 0 spiro atoms. The van der Waals surface area contributed by atoms with Gasteiger partial charge in [0.1, 0.15) is 0 Å². The van der Waals surface area contributed by atoms with Crippen molar-refractivity contribution in [1.82, 2.24) is 15.5 Å². The molecule has 1 aromatic carbocycles. The molecular formula is C20H31ClN4O. The molecule has 1 heterocycles. The molecule has 1 aliphatic rings. The summed E-state index contributed by atoms with van der Waals surface area (Å²) in [4.78, 5) is 18.3. The molecule has 0 unspecified atom stereocenters. The quantitative estimate of drug-likeness (QED) is 0.611. The van der Waals surface area contributed by atoms with Crippen molar-refractivity contribution in [3.8, 4) is 0 Å². The molecule has 5 nitrogen and oxygen atoms in total. The van der Waals surface area contributed by atoms with E-state index in [-0.39, 0.29) is 11.3 Å². The van der Waals surface area contributed by atoms with Gasteiger partial charge in [0, 0.05) is 50.6 Å². The highest BCUT2D eigenvalue weighted by atomic mass is 35.5. The van der Waals surface area contributed by atoms with Crippen LogP contribution in [0.2, 0.25) is 5.02 Å². The van der Waals surface area contributed by atoms with Gasteiger partial charge in [0.25, 0.3) is 0 Å². The van der Waals surface area contributed by atoms with Crippen molar-refractivity contribution in [2.75, 3.05) is 33.7 Å². The average molecular weight is 379 g/mol. The van der Waals surface area contributed by atoms with E-state index in [0.29, 0.717) is 12.3 Å². The number of hydrogen-bond donors (Lipinski definition) is 2. The third-order valence-corrected chi connectivity index (χ3v) is 5.41. The van der Waals surface area contributed by atoms with Crippen LogP contribution in [-0.2, 0) is 10.2 Å². The Morgan fingerprint density at radius 2 is 2.04 bits per heavy atom. The lowest BCUT2D eigenvalue weighted by molar-refractivity contribution is -0.121. The number of piperidine rings is 1. The molecule has 144 valence electrons. The van der Waals surface area contributed by atoms with E-state index in [0.717, 1.165) is 43.5 Å². The first kappa shape index (κ1) is 20.6. The van der Waals surface area contributed by atoms with Crippen LogP contribution in [0.15, 0.2) is 29.3 Å². The minimum Gasteiger partial charge on any atom is -0.359 e. The minimum atomic E-state index is -0.0572. The summed E-state index contributed by atoms with van der Waals surface area (Å²) >= 11 is 6.14. The van der Waals surface area contributed by atoms with Gasteiger partial charge >= 0.3 is 0 Å². The molecule has 1 amide bonds.